The highest BCUT2D eigenvalue weighted by atomic mass is 35.5. The number of hydrogen-bond donors (Lipinski definition) is 3. The van der Waals surface area contributed by atoms with E-state index >= 15 is 0 Å². The van der Waals surface area contributed by atoms with E-state index in [-0.39, 0.29) is 6.04 Å². The second-order valence-electron chi connectivity index (χ2n) is 7.68. The number of amidine groups is 1. The highest BCUT2D eigenvalue weighted by molar-refractivity contribution is 6.36. The van der Waals surface area contributed by atoms with E-state index in [0.717, 1.165) is 17.7 Å². The van der Waals surface area contributed by atoms with Gasteiger partial charge in [-0.1, -0.05) is 29.8 Å². The first-order chi connectivity index (χ1) is 16.0. The summed E-state index contributed by atoms with van der Waals surface area (Å²) in [6.07, 6.45) is 0.786. The summed E-state index contributed by atoms with van der Waals surface area (Å²) in [5.74, 6) is 1.06. The minimum atomic E-state index is 0.0831. The molecule has 8 nitrogen and oxygen atoms in total. The molecule has 0 bridgehead atoms. The SMILES string of the molecule is CNC(CCOC)COc1cc2c(cc1C#N)C(c1ccccc1Cl)=NC1=C(C)NNC1=N2. The first-order valence-electron chi connectivity index (χ1n) is 10.6. The Morgan fingerprint density at radius 1 is 1.18 bits per heavy atom. The van der Waals surface area contributed by atoms with Gasteiger partial charge in [0, 0.05) is 42.0 Å². The predicted molar refractivity (Wildman–Crippen MR) is 129 cm³/mol. The fourth-order valence-corrected chi connectivity index (χ4v) is 3.86. The third-order valence-corrected chi connectivity index (χ3v) is 5.85. The lowest BCUT2D eigenvalue weighted by atomic mass is 9.98. The molecule has 2 aromatic rings. The number of benzene rings is 2. The molecule has 3 N–H and O–H groups in total. The molecule has 4 rings (SSSR count). The number of ether oxygens (including phenoxy) is 2. The molecule has 1 unspecified atom stereocenters. The lowest BCUT2D eigenvalue weighted by molar-refractivity contribution is 0.167. The molecular formula is C24H25ClN6O2. The van der Waals surface area contributed by atoms with Crippen molar-refractivity contribution < 1.29 is 9.47 Å². The zero-order valence-corrected chi connectivity index (χ0v) is 19.5. The molecule has 33 heavy (non-hydrogen) atoms. The number of rotatable bonds is 8. The van der Waals surface area contributed by atoms with Crippen molar-refractivity contribution in [2.24, 2.45) is 9.98 Å². The fourth-order valence-electron chi connectivity index (χ4n) is 3.64. The van der Waals surface area contributed by atoms with E-state index in [0.29, 0.717) is 58.0 Å². The molecule has 0 saturated heterocycles. The van der Waals surface area contributed by atoms with E-state index in [2.05, 4.69) is 22.2 Å². The fraction of sp³-hybridized carbons (Fsp3) is 0.292. The van der Waals surface area contributed by atoms with Crippen molar-refractivity contribution in [2.75, 3.05) is 27.4 Å². The quantitative estimate of drug-likeness (QED) is 0.553. The normalized spacial score (nSPS) is 15.2. The molecule has 170 valence electrons. The maximum absolute atomic E-state index is 9.87. The topological polar surface area (TPSA) is 103 Å². The number of nitriles is 1. The van der Waals surface area contributed by atoms with Gasteiger partial charge in [0.2, 0.25) is 0 Å². The monoisotopic (exact) mass is 464 g/mol. The average Bonchev–Trinajstić information content (AvgIpc) is 3.08. The largest absolute Gasteiger partial charge is 0.490 e. The molecule has 1 atom stereocenters. The third kappa shape index (κ3) is 4.71. The van der Waals surface area contributed by atoms with Crippen molar-refractivity contribution in [1.82, 2.24) is 16.2 Å². The molecule has 0 saturated carbocycles. The van der Waals surface area contributed by atoms with E-state index in [1.165, 1.54) is 0 Å². The van der Waals surface area contributed by atoms with Crippen LogP contribution in [0.15, 0.2) is 57.8 Å². The van der Waals surface area contributed by atoms with Crippen LogP contribution in [0.5, 0.6) is 5.75 Å². The van der Waals surface area contributed by atoms with Crippen LogP contribution in [0.3, 0.4) is 0 Å². The molecule has 2 aromatic carbocycles. The summed E-state index contributed by atoms with van der Waals surface area (Å²) in [6.45, 7) is 2.92. The smallest absolute Gasteiger partial charge is 0.173 e. The van der Waals surface area contributed by atoms with E-state index in [1.54, 1.807) is 19.2 Å². The van der Waals surface area contributed by atoms with Crippen LogP contribution in [0, 0.1) is 11.3 Å². The van der Waals surface area contributed by atoms with Crippen molar-refractivity contribution >= 4 is 28.8 Å². The van der Waals surface area contributed by atoms with Crippen molar-refractivity contribution in [2.45, 2.75) is 19.4 Å². The zero-order chi connectivity index (χ0) is 23.4. The Kier molecular flexibility index (Phi) is 6.94. The Morgan fingerprint density at radius 2 is 2.00 bits per heavy atom. The van der Waals surface area contributed by atoms with Gasteiger partial charge in [-0.25, -0.2) is 9.98 Å². The Morgan fingerprint density at radius 3 is 2.73 bits per heavy atom. The highest BCUT2D eigenvalue weighted by Gasteiger charge is 2.27. The van der Waals surface area contributed by atoms with E-state index in [9.17, 15) is 5.26 Å². The number of nitrogens with one attached hydrogen (secondary N) is 3. The first-order valence-corrected chi connectivity index (χ1v) is 11.0. The molecule has 2 aliphatic rings. The molecule has 0 aromatic heterocycles. The minimum absolute atomic E-state index is 0.0831. The van der Waals surface area contributed by atoms with Gasteiger partial charge >= 0.3 is 0 Å². The van der Waals surface area contributed by atoms with Gasteiger partial charge in [-0.05, 0) is 32.5 Å². The Balaban J connectivity index is 1.80. The van der Waals surface area contributed by atoms with Crippen LogP contribution in [0.4, 0.5) is 5.69 Å². The van der Waals surface area contributed by atoms with Crippen molar-refractivity contribution in [3.05, 3.63) is 69.5 Å². The van der Waals surface area contributed by atoms with Crippen molar-refractivity contribution in [3.63, 3.8) is 0 Å². The number of allylic oxidation sites excluding steroid dienone is 1. The van der Waals surface area contributed by atoms with Gasteiger partial charge in [0.05, 0.1) is 22.7 Å². The summed E-state index contributed by atoms with van der Waals surface area (Å²) < 4.78 is 11.2. The number of hydrazine groups is 1. The summed E-state index contributed by atoms with van der Waals surface area (Å²) in [6, 6.07) is 13.4. The van der Waals surface area contributed by atoms with Crippen LogP contribution in [0.1, 0.15) is 30.0 Å². The van der Waals surface area contributed by atoms with Gasteiger partial charge < -0.3 is 20.2 Å². The lowest BCUT2D eigenvalue weighted by Crippen LogP contribution is -2.32. The van der Waals surface area contributed by atoms with Crippen molar-refractivity contribution in [1.29, 1.82) is 5.26 Å². The number of fused-ring (bicyclic) bond motifs is 2. The standard InChI is InChI=1S/C24H25ClN6O2/c1-14-22-24(31-30-14)28-20-11-21(33-13-16(27-2)8-9-32-3)15(12-26)10-18(20)23(29-22)17-6-4-5-7-19(17)25/h4-7,10-11,16,27H,8-9,13H2,1-3H3,(H2,28,30,31). The van der Waals surface area contributed by atoms with Gasteiger partial charge in [0.1, 0.15) is 24.1 Å². The highest BCUT2D eigenvalue weighted by Crippen LogP contribution is 2.36. The number of halogens is 1. The Hall–Kier alpha value is -3.38. The van der Waals surface area contributed by atoms with Crippen LogP contribution in [-0.4, -0.2) is 45.0 Å². The van der Waals surface area contributed by atoms with Gasteiger partial charge in [0.15, 0.2) is 5.84 Å². The number of hydrogen-bond acceptors (Lipinski definition) is 8. The summed E-state index contributed by atoms with van der Waals surface area (Å²) in [5.41, 5.74) is 10.8. The molecule has 0 radical (unpaired) electrons. The van der Waals surface area contributed by atoms with Crippen LogP contribution < -0.4 is 20.9 Å². The second-order valence-corrected chi connectivity index (χ2v) is 8.09. The molecule has 0 fully saturated rings. The molecule has 0 amide bonds. The molecule has 0 spiro atoms. The summed E-state index contributed by atoms with van der Waals surface area (Å²) in [7, 11) is 3.54. The lowest BCUT2D eigenvalue weighted by Gasteiger charge is -2.18. The number of nitrogens with zero attached hydrogens (tertiary/aromatic N) is 3. The number of methoxy groups -OCH3 is 1. The second kappa shape index (κ2) is 10.0. The zero-order valence-electron chi connectivity index (χ0n) is 18.7. The van der Waals surface area contributed by atoms with Gasteiger partial charge in [0.25, 0.3) is 0 Å². The van der Waals surface area contributed by atoms with Crippen LogP contribution in [0.2, 0.25) is 5.02 Å². The van der Waals surface area contributed by atoms with E-state index in [4.69, 9.17) is 31.1 Å². The third-order valence-electron chi connectivity index (χ3n) is 5.52. The summed E-state index contributed by atoms with van der Waals surface area (Å²) in [4.78, 5) is 9.69. The maximum Gasteiger partial charge on any atom is 0.173 e. The van der Waals surface area contributed by atoms with Gasteiger partial charge in [-0.3, -0.25) is 5.43 Å². The van der Waals surface area contributed by atoms with Gasteiger partial charge in [-0.2, -0.15) is 5.26 Å². The van der Waals surface area contributed by atoms with Crippen LogP contribution in [-0.2, 0) is 4.74 Å². The Bertz CT molecular complexity index is 1200. The summed E-state index contributed by atoms with van der Waals surface area (Å²) in [5, 5.41) is 13.6. The molecule has 0 aliphatic carbocycles. The number of aliphatic imine (C=N–C) groups is 2. The molecular weight excluding hydrogens is 440 g/mol. The molecule has 2 aliphatic heterocycles. The van der Waals surface area contributed by atoms with Gasteiger partial charge in [-0.15, -0.1) is 0 Å². The maximum atomic E-state index is 9.87. The van der Waals surface area contributed by atoms with Crippen molar-refractivity contribution in [3.8, 4) is 11.8 Å². The minimum Gasteiger partial charge on any atom is -0.490 e. The van der Waals surface area contributed by atoms with E-state index < -0.39 is 0 Å². The summed E-state index contributed by atoms with van der Waals surface area (Å²) >= 11 is 6.53. The van der Waals surface area contributed by atoms with E-state index in [1.807, 2.05) is 38.2 Å². The number of likely N-dealkylation sites (N-methyl/N-ethyl adjacent to an activating group) is 1. The Labute approximate surface area is 197 Å². The molecule has 2 heterocycles. The predicted octanol–water partition coefficient (Wildman–Crippen LogP) is 3.44. The average molecular weight is 465 g/mol. The molecule has 9 heteroatoms. The first kappa shape index (κ1) is 22.8. The van der Waals surface area contributed by atoms with Crippen LogP contribution >= 0.6 is 11.6 Å². The van der Waals surface area contributed by atoms with Crippen LogP contribution in [0.25, 0.3) is 0 Å².